The number of carbonyl (C=O) groups is 2. The van der Waals surface area contributed by atoms with Crippen molar-refractivity contribution in [3.8, 4) is 0 Å². The SMILES string of the molecule is CCOC(=O)[C@@H]1C[C@@H](OS(C)(=O)=O)[C@@H](NC(C)=O)[C@@H]2OC(C)(C)O[C@@H]21. The monoisotopic (exact) mass is 379 g/mol. The first-order valence-electron chi connectivity index (χ1n) is 8.11. The van der Waals surface area contributed by atoms with Crippen molar-refractivity contribution >= 4 is 22.0 Å². The number of ether oxygens (including phenoxy) is 3. The molecule has 0 spiro atoms. The summed E-state index contributed by atoms with van der Waals surface area (Å²) in [4.78, 5) is 23.9. The Morgan fingerprint density at radius 2 is 1.84 bits per heavy atom. The van der Waals surface area contributed by atoms with E-state index in [-0.39, 0.29) is 18.9 Å². The van der Waals surface area contributed by atoms with Gasteiger partial charge in [-0.15, -0.1) is 0 Å². The van der Waals surface area contributed by atoms with Crippen molar-refractivity contribution in [1.29, 1.82) is 0 Å². The predicted molar refractivity (Wildman–Crippen MR) is 85.9 cm³/mol. The van der Waals surface area contributed by atoms with E-state index >= 15 is 0 Å². The van der Waals surface area contributed by atoms with E-state index in [2.05, 4.69) is 5.32 Å². The first-order chi connectivity index (χ1) is 11.4. The van der Waals surface area contributed by atoms with Crippen molar-refractivity contribution in [3.05, 3.63) is 0 Å². The van der Waals surface area contributed by atoms with Gasteiger partial charge >= 0.3 is 5.97 Å². The van der Waals surface area contributed by atoms with Gasteiger partial charge in [0.15, 0.2) is 5.79 Å². The third-order valence-electron chi connectivity index (χ3n) is 4.06. The minimum atomic E-state index is -3.81. The van der Waals surface area contributed by atoms with E-state index in [1.54, 1.807) is 20.8 Å². The van der Waals surface area contributed by atoms with Gasteiger partial charge in [-0.3, -0.25) is 13.8 Å². The molecule has 1 aliphatic carbocycles. The first kappa shape index (κ1) is 20.1. The van der Waals surface area contributed by atoms with E-state index in [4.69, 9.17) is 18.4 Å². The molecule has 1 amide bonds. The Morgan fingerprint density at radius 3 is 2.36 bits per heavy atom. The highest BCUT2D eigenvalue weighted by atomic mass is 32.2. The number of nitrogens with one attached hydrogen (secondary N) is 1. The average molecular weight is 379 g/mol. The zero-order valence-electron chi connectivity index (χ0n) is 15.0. The standard InChI is InChI=1S/C15H25NO8S/c1-6-21-14(18)9-7-10(24-25(5,19)20)11(16-8(2)17)13-12(9)22-15(3,4)23-13/h9-13H,6-7H2,1-5H3,(H,16,17)/t9-,10-,11-,12-,13+/m1/s1. The second-order valence-electron chi connectivity index (χ2n) is 6.72. The second kappa shape index (κ2) is 7.18. The van der Waals surface area contributed by atoms with Crippen LogP contribution in [0.5, 0.6) is 0 Å². The molecule has 5 atom stereocenters. The van der Waals surface area contributed by atoms with Crippen LogP contribution in [0.3, 0.4) is 0 Å². The fraction of sp³-hybridized carbons (Fsp3) is 0.867. The number of fused-ring (bicyclic) bond motifs is 1. The Bertz CT molecular complexity index is 631. The van der Waals surface area contributed by atoms with Gasteiger partial charge in [0.05, 0.1) is 24.8 Å². The third-order valence-corrected chi connectivity index (χ3v) is 4.66. The van der Waals surface area contributed by atoms with Gasteiger partial charge in [-0.25, -0.2) is 0 Å². The Kier molecular flexibility index (Phi) is 5.77. The topological polar surface area (TPSA) is 117 Å². The molecule has 0 radical (unpaired) electrons. The maximum atomic E-state index is 12.3. The van der Waals surface area contributed by atoms with E-state index in [9.17, 15) is 18.0 Å². The maximum absolute atomic E-state index is 12.3. The molecule has 0 unspecified atom stereocenters. The van der Waals surface area contributed by atoms with Crippen LogP contribution in [-0.4, -0.2) is 63.3 Å². The highest BCUT2D eigenvalue weighted by molar-refractivity contribution is 7.86. The number of amides is 1. The summed E-state index contributed by atoms with van der Waals surface area (Å²) in [5.41, 5.74) is 0. The van der Waals surface area contributed by atoms with E-state index in [0.717, 1.165) is 6.26 Å². The van der Waals surface area contributed by atoms with Crippen molar-refractivity contribution in [1.82, 2.24) is 5.32 Å². The van der Waals surface area contributed by atoms with Crippen LogP contribution in [-0.2, 0) is 38.1 Å². The van der Waals surface area contributed by atoms with Crippen LogP contribution in [0.4, 0.5) is 0 Å². The first-order valence-corrected chi connectivity index (χ1v) is 9.93. The molecule has 1 heterocycles. The zero-order valence-corrected chi connectivity index (χ0v) is 15.8. The van der Waals surface area contributed by atoms with Gasteiger partial charge in [0.1, 0.15) is 18.3 Å². The van der Waals surface area contributed by atoms with E-state index < -0.39 is 52.1 Å². The summed E-state index contributed by atoms with van der Waals surface area (Å²) in [5.74, 6) is -2.63. The molecule has 144 valence electrons. The average Bonchev–Trinajstić information content (AvgIpc) is 2.75. The predicted octanol–water partition coefficient (Wildman–Crippen LogP) is -0.0610. The lowest BCUT2D eigenvalue weighted by Crippen LogP contribution is -2.61. The van der Waals surface area contributed by atoms with Crippen LogP contribution in [0.15, 0.2) is 0 Å². The van der Waals surface area contributed by atoms with Crippen molar-refractivity contribution in [3.63, 3.8) is 0 Å². The molecular weight excluding hydrogens is 354 g/mol. The Labute approximate surface area is 147 Å². The van der Waals surface area contributed by atoms with Crippen LogP contribution < -0.4 is 5.32 Å². The molecule has 0 aromatic carbocycles. The molecule has 0 bridgehead atoms. The van der Waals surface area contributed by atoms with Crippen LogP contribution in [0.1, 0.15) is 34.1 Å². The fourth-order valence-corrected chi connectivity index (χ4v) is 4.01. The number of esters is 1. The molecule has 1 aliphatic heterocycles. The molecule has 2 rings (SSSR count). The van der Waals surface area contributed by atoms with E-state index in [1.807, 2.05) is 0 Å². The highest BCUT2D eigenvalue weighted by Crippen LogP contribution is 2.41. The molecule has 2 fully saturated rings. The minimum absolute atomic E-state index is 0.0253. The van der Waals surface area contributed by atoms with Crippen molar-refractivity contribution < 1.29 is 36.4 Å². The number of hydrogen-bond donors (Lipinski definition) is 1. The lowest BCUT2D eigenvalue weighted by Gasteiger charge is -2.40. The van der Waals surface area contributed by atoms with Crippen molar-refractivity contribution in [2.75, 3.05) is 12.9 Å². The third kappa shape index (κ3) is 4.90. The largest absolute Gasteiger partial charge is 0.466 e. The molecule has 2 aliphatic rings. The van der Waals surface area contributed by atoms with Gasteiger partial charge in [-0.05, 0) is 27.2 Å². The minimum Gasteiger partial charge on any atom is -0.466 e. The zero-order chi connectivity index (χ0) is 19.0. The van der Waals surface area contributed by atoms with Gasteiger partial charge in [0, 0.05) is 6.92 Å². The van der Waals surface area contributed by atoms with E-state index in [0.29, 0.717) is 0 Å². The van der Waals surface area contributed by atoms with Gasteiger partial charge in [0.25, 0.3) is 10.1 Å². The number of hydrogen-bond acceptors (Lipinski definition) is 8. The Hall–Kier alpha value is -1.23. The van der Waals surface area contributed by atoms with E-state index in [1.165, 1.54) is 6.92 Å². The normalized spacial score (nSPS) is 34.2. The lowest BCUT2D eigenvalue weighted by atomic mass is 9.79. The summed E-state index contributed by atoms with van der Waals surface area (Å²) in [5, 5.41) is 2.67. The molecule has 0 aromatic rings. The van der Waals surface area contributed by atoms with Crippen LogP contribution in [0.25, 0.3) is 0 Å². The van der Waals surface area contributed by atoms with Crippen LogP contribution in [0, 0.1) is 5.92 Å². The molecule has 1 saturated carbocycles. The Balaban J connectivity index is 2.38. The summed E-state index contributed by atoms with van der Waals surface area (Å²) in [7, 11) is -3.81. The number of carbonyl (C=O) groups excluding carboxylic acids is 2. The molecule has 1 N–H and O–H groups in total. The summed E-state index contributed by atoms with van der Waals surface area (Å²) in [6.07, 6.45) is -1.44. The van der Waals surface area contributed by atoms with Crippen molar-refractivity contribution in [2.24, 2.45) is 5.92 Å². The molecule has 0 aromatic heterocycles. The summed E-state index contributed by atoms with van der Waals surface area (Å²) >= 11 is 0. The summed E-state index contributed by atoms with van der Waals surface area (Å²) < 4.78 is 45.2. The fourth-order valence-electron chi connectivity index (χ4n) is 3.36. The smallest absolute Gasteiger partial charge is 0.311 e. The Morgan fingerprint density at radius 1 is 1.24 bits per heavy atom. The lowest BCUT2D eigenvalue weighted by molar-refractivity contribution is -0.164. The molecule has 10 heteroatoms. The van der Waals surface area contributed by atoms with Gasteiger partial charge in [-0.2, -0.15) is 8.42 Å². The summed E-state index contributed by atoms with van der Waals surface area (Å²) in [6.45, 7) is 6.54. The van der Waals surface area contributed by atoms with Crippen LogP contribution >= 0.6 is 0 Å². The number of rotatable bonds is 5. The second-order valence-corrected chi connectivity index (χ2v) is 8.32. The summed E-state index contributed by atoms with van der Waals surface area (Å²) in [6, 6.07) is -0.773. The van der Waals surface area contributed by atoms with Gasteiger partial charge in [-0.1, -0.05) is 0 Å². The van der Waals surface area contributed by atoms with Gasteiger partial charge in [0.2, 0.25) is 5.91 Å². The molecular formula is C15H25NO8S. The molecule has 1 saturated heterocycles. The molecule has 25 heavy (non-hydrogen) atoms. The maximum Gasteiger partial charge on any atom is 0.311 e. The molecule has 9 nitrogen and oxygen atoms in total. The highest BCUT2D eigenvalue weighted by Gasteiger charge is 2.57. The van der Waals surface area contributed by atoms with Crippen molar-refractivity contribution in [2.45, 2.75) is 64.3 Å². The van der Waals surface area contributed by atoms with Gasteiger partial charge < -0.3 is 19.5 Å². The quantitative estimate of drug-likeness (QED) is 0.521. The van der Waals surface area contributed by atoms with Crippen LogP contribution in [0.2, 0.25) is 0 Å².